The minimum absolute atomic E-state index is 0.146. The van der Waals surface area contributed by atoms with Gasteiger partial charge in [-0.3, -0.25) is 29.3 Å². The molecule has 0 bridgehead atoms. The Morgan fingerprint density at radius 3 is 2.40 bits per heavy atom. The summed E-state index contributed by atoms with van der Waals surface area (Å²) in [6.07, 6.45) is 7.08. The van der Waals surface area contributed by atoms with Gasteiger partial charge in [-0.05, 0) is 67.3 Å². The number of nitro benzene ring substituents is 1. The average Bonchev–Trinajstić information content (AvgIpc) is 3.12. The van der Waals surface area contributed by atoms with Crippen LogP contribution in [0.2, 0.25) is 0 Å². The van der Waals surface area contributed by atoms with Gasteiger partial charge in [0.1, 0.15) is 0 Å². The molecule has 1 unspecified atom stereocenters. The van der Waals surface area contributed by atoms with Crippen LogP contribution in [0.15, 0.2) is 58.3 Å². The molecule has 1 atom stereocenters. The molecule has 1 aliphatic heterocycles. The van der Waals surface area contributed by atoms with Crippen molar-refractivity contribution in [2.75, 3.05) is 4.72 Å². The van der Waals surface area contributed by atoms with Crippen LogP contribution in [0.4, 0.5) is 16.2 Å². The number of carbonyl (C=O) groups is 2. The maximum absolute atomic E-state index is 13.0. The first-order valence-electron chi connectivity index (χ1n) is 11.3. The van der Waals surface area contributed by atoms with E-state index in [-0.39, 0.29) is 22.9 Å². The first-order valence-corrected chi connectivity index (χ1v) is 13.6. The number of para-hydroxylation sites is 1. The lowest BCUT2D eigenvalue weighted by molar-refractivity contribution is -0.387. The minimum atomic E-state index is -4.18. The van der Waals surface area contributed by atoms with E-state index in [0.717, 1.165) is 43.5 Å². The summed E-state index contributed by atoms with van der Waals surface area (Å²) in [5.74, 6) is 0.0172. The summed E-state index contributed by atoms with van der Waals surface area (Å²) >= 11 is 0.908. The Balaban J connectivity index is 1.48. The van der Waals surface area contributed by atoms with Crippen LogP contribution in [0.3, 0.4) is 0 Å². The van der Waals surface area contributed by atoms with Gasteiger partial charge in [-0.15, -0.1) is 0 Å². The summed E-state index contributed by atoms with van der Waals surface area (Å²) in [5.41, 5.74) is 0.309. The van der Waals surface area contributed by atoms with E-state index < -0.39 is 25.5 Å². The van der Waals surface area contributed by atoms with Gasteiger partial charge in [0.05, 0.1) is 9.83 Å². The summed E-state index contributed by atoms with van der Waals surface area (Å²) in [6, 6.07) is 11.1. The molecule has 2 aliphatic rings. The molecular formula is C24H25N3O6S2. The quantitative estimate of drug-likeness (QED) is 0.297. The largest absolute Gasteiger partial charge is 0.293 e. The molecular weight excluding hydrogens is 490 g/mol. The minimum Gasteiger partial charge on any atom is -0.279 e. The van der Waals surface area contributed by atoms with Crippen molar-refractivity contribution in [3.63, 3.8) is 0 Å². The summed E-state index contributed by atoms with van der Waals surface area (Å²) in [7, 11) is -4.18. The standard InChI is InChI=1S/C24H25N3O6S2/c1-16(18-7-3-2-4-8-18)26-23(28)21(34-24(26)29)15-17-11-13-19(14-12-17)25-35(32,33)22-10-6-5-9-20(22)27(30)31/h5-6,9-16,18,25H,2-4,7-8H2,1H3. The Hall–Kier alpha value is -3.18. The highest BCUT2D eigenvalue weighted by molar-refractivity contribution is 8.18. The number of imide groups is 1. The normalized spacial score (nSPS) is 19.2. The third-order valence-electron chi connectivity index (χ3n) is 6.37. The highest BCUT2D eigenvalue weighted by atomic mass is 32.2. The Kier molecular flexibility index (Phi) is 7.27. The van der Waals surface area contributed by atoms with Gasteiger partial charge in [0.15, 0.2) is 4.90 Å². The van der Waals surface area contributed by atoms with Crippen molar-refractivity contribution < 1.29 is 22.9 Å². The molecule has 2 fully saturated rings. The molecule has 2 aromatic rings. The number of carbonyl (C=O) groups excluding carboxylic acids is 2. The van der Waals surface area contributed by atoms with E-state index in [1.165, 1.54) is 41.7 Å². The van der Waals surface area contributed by atoms with Gasteiger partial charge < -0.3 is 0 Å². The number of sulfonamides is 1. The highest BCUT2D eigenvalue weighted by Gasteiger charge is 2.40. The molecule has 35 heavy (non-hydrogen) atoms. The van der Waals surface area contributed by atoms with Crippen molar-refractivity contribution in [2.24, 2.45) is 5.92 Å². The van der Waals surface area contributed by atoms with Gasteiger partial charge in [-0.1, -0.05) is 43.5 Å². The van der Waals surface area contributed by atoms with Crippen molar-refractivity contribution in [3.8, 4) is 0 Å². The number of rotatable bonds is 7. The van der Waals surface area contributed by atoms with Crippen molar-refractivity contribution in [1.82, 2.24) is 4.90 Å². The molecule has 4 rings (SSSR count). The second-order valence-corrected chi connectivity index (χ2v) is 11.3. The van der Waals surface area contributed by atoms with Crippen molar-refractivity contribution >= 4 is 50.4 Å². The lowest BCUT2D eigenvalue weighted by atomic mass is 9.84. The molecule has 1 heterocycles. The highest BCUT2D eigenvalue weighted by Crippen LogP contribution is 2.38. The van der Waals surface area contributed by atoms with E-state index in [2.05, 4.69) is 4.72 Å². The molecule has 1 aliphatic carbocycles. The monoisotopic (exact) mass is 515 g/mol. The zero-order valence-electron chi connectivity index (χ0n) is 19.0. The summed E-state index contributed by atoms with van der Waals surface area (Å²) < 4.78 is 27.7. The molecule has 184 valence electrons. The molecule has 2 amide bonds. The van der Waals surface area contributed by atoms with Gasteiger partial charge in [-0.25, -0.2) is 8.42 Å². The predicted octanol–water partition coefficient (Wildman–Crippen LogP) is 5.40. The first-order chi connectivity index (χ1) is 16.7. The number of anilines is 1. The average molecular weight is 516 g/mol. The van der Waals surface area contributed by atoms with E-state index in [1.807, 2.05) is 6.92 Å². The van der Waals surface area contributed by atoms with Crippen LogP contribution in [0.1, 0.15) is 44.6 Å². The number of hydrogen-bond acceptors (Lipinski definition) is 7. The maximum atomic E-state index is 13.0. The third-order valence-corrected chi connectivity index (χ3v) is 8.69. The zero-order valence-corrected chi connectivity index (χ0v) is 20.7. The van der Waals surface area contributed by atoms with E-state index in [4.69, 9.17) is 0 Å². The van der Waals surface area contributed by atoms with Gasteiger partial charge in [0.25, 0.3) is 26.9 Å². The molecule has 9 nitrogen and oxygen atoms in total. The summed E-state index contributed by atoms with van der Waals surface area (Å²) in [5, 5.41) is 10.9. The lowest BCUT2D eigenvalue weighted by Crippen LogP contribution is -2.42. The molecule has 0 spiro atoms. The second kappa shape index (κ2) is 10.2. The lowest BCUT2D eigenvalue weighted by Gasteiger charge is -2.32. The molecule has 2 aromatic carbocycles. The number of nitrogens with zero attached hydrogens (tertiary/aromatic N) is 2. The third kappa shape index (κ3) is 5.40. The number of nitrogens with one attached hydrogen (secondary N) is 1. The van der Waals surface area contributed by atoms with Crippen LogP contribution in [-0.4, -0.2) is 35.4 Å². The number of thioether (sulfide) groups is 1. The number of amides is 2. The fourth-order valence-electron chi connectivity index (χ4n) is 4.50. The molecule has 0 aromatic heterocycles. The SMILES string of the molecule is CC(C1CCCCC1)N1C(=O)SC(=Cc2ccc(NS(=O)(=O)c3ccccc3[N+](=O)[O-])cc2)C1=O. The summed E-state index contributed by atoms with van der Waals surface area (Å²) in [6.45, 7) is 1.94. The second-order valence-electron chi connectivity index (χ2n) is 8.64. The first kappa shape index (κ1) is 24.9. The van der Waals surface area contributed by atoms with E-state index >= 15 is 0 Å². The van der Waals surface area contributed by atoms with Crippen LogP contribution in [-0.2, 0) is 14.8 Å². The van der Waals surface area contributed by atoms with Gasteiger partial charge in [0.2, 0.25) is 0 Å². The Morgan fingerprint density at radius 1 is 1.09 bits per heavy atom. The van der Waals surface area contributed by atoms with Crippen molar-refractivity contribution in [3.05, 3.63) is 69.1 Å². The summed E-state index contributed by atoms with van der Waals surface area (Å²) in [4.78, 5) is 37.3. The van der Waals surface area contributed by atoms with E-state index in [1.54, 1.807) is 18.2 Å². The predicted molar refractivity (Wildman–Crippen MR) is 134 cm³/mol. The molecule has 0 radical (unpaired) electrons. The maximum Gasteiger partial charge on any atom is 0.293 e. The molecule has 1 saturated carbocycles. The fraction of sp³-hybridized carbons (Fsp3) is 0.333. The van der Waals surface area contributed by atoms with Crippen molar-refractivity contribution in [1.29, 1.82) is 0 Å². The zero-order chi connectivity index (χ0) is 25.2. The Morgan fingerprint density at radius 2 is 1.74 bits per heavy atom. The number of hydrogen-bond donors (Lipinski definition) is 1. The van der Waals surface area contributed by atoms with Gasteiger partial charge in [-0.2, -0.15) is 0 Å². The van der Waals surface area contributed by atoms with Crippen LogP contribution in [0, 0.1) is 16.0 Å². The van der Waals surface area contributed by atoms with Crippen LogP contribution in [0.25, 0.3) is 6.08 Å². The van der Waals surface area contributed by atoms with Crippen LogP contribution in [0.5, 0.6) is 0 Å². The molecule has 11 heteroatoms. The Labute approximate surface area is 207 Å². The van der Waals surface area contributed by atoms with E-state index in [0.29, 0.717) is 16.4 Å². The number of benzene rings is 2. The van der Waals surface area contributed by atoms with Gasteiger partial charge in [0, 0.05) is 17.8 Å². The number of nitro groups is 1. The van der Waals surface area contributed by atoms with Gasteiger partial charge >= 0.3 is 0 Å². The van der Waals surface area contributed by atoms with Crippen LogP contribution >= 0.6 is 11.8 Å². The van der Waals surface area contributed by atoms with E-state index in [9.17, 15) is 28.1 Å². The smallest absolute Gasteiger partial charge is 0.279 e. The van der Waals surface area contributed by atoms with Crippen LogP contribution < -0.4 is 4.72 Å². The topological polar surface area (TPSA) is 127 Å². The van der Waals surface area contributed by atoms with Crippen molar-refractivity contribution in [2.45, 2.75) is 50.0 Å². The fourth-order valence-corrected chi connectivity index (χ4v) is 6.65. The Bertz CT molecular complexity index is 1280. The molecule has 1 N–H and O–H groups in total. The molecule has 1 saturated heterocycles.